The van der Waals surface area contributed by atoms with Gasteiger partial charge in [-0.1, -0.05) is 30.3 Å². The van der Waals surface area contributed by atoms with Gasteiger partial charge in [-0.15, -0.1) is 10.2 Å². The lowest BCUT2D eigenvalue weighted by molar-refractivity contribution is -0.147. The highest BCUT2D eigenvalue weighted by molar-refractivity contribution is 7.99. The molecule has 0 aliphatic heterocycles. The predicted octanol–water partition coefficient (Wildman–Crippen LogP) is 3.44. The van der Waals surface area contributed by atoms with Gasteiger partial charge in [-0.05, 0) is 37.8 Å². The van der Waals surface area contributed by atoms with E-state index in [2.05, 4.69) is 20.2 Å². The van der Waals surface area contributed by atoms with Crippen LogP contribution in [-0.4, -0.2) is 42.6 Å². The number of imidazole rings is 1. The number of hydrogen-bond acceptors (Lipinski definition) is 6. The van der Waals surface area contributed by atoms with Crippen molar-refractivity contribution in [1.82, 2.24) is 24.7 Å². The largest absolute Gasteiger partial charge is 0.462 e. The molecule has 4 rings (SSSR count). The summed E-state index contributed by atoms with van der Waals surface area (Å²) < 4.78 is 7.51. The number of ether oxygens (including phenoxy) is 1. The Hall–Kier alpha value is -2.35. The first-order valence-electron chi connectivity index (χ1n) is 9.83. The average molecular weight is 400 g/mol. The zero-order chi connectivity index (χ0) is 19.3. The topological polar surface area (TPSA) is 85.7 Å². The Morgan fingerprint density at radius 2 is 2.04 bits per heavy atom. The monoisotopic (exact) mass is 399 g/mol. The Morgan fingerprint density at radius 3 is 2.86 bits per heavy atom. The standard InChI is InChI=1S/C20H25N5O2S/c1-25-18(12-11-17-21-15-9-5-6-10-16(15)22-17)23-24-20(25)28-13-19(26)27-14-7-3-2-4-8-14/h5-6,9-10,14H,2-4,7-8,11-13H2,1H3,(H,21,22). The number of nitrogens with one attached hydrogen (secondary N) is 1. The van der Waals surface area contributed by atoms with Crippen molar-refractivity contribution >= 4 is 28.8 Å². The molecule has 1 saturated carbocycles. The van der Waals surface area contributed by atoms with Crippen molar-refractivity contribution < 1.29 is 9.53 Å². The van der Waals surface area contributed by atoms with Gasteiger partial charge in [-0.3, -0.25) is 4.79 Å². The van der Waals surface area contributed by atoms with Crippen LogP contribution in [0.3, 0.4) is 0 Å². The number of esters is 1. The molecule has 1 aliphatic rings. The van der Waals surface area contributed by atoms with Crippen LogP contribution in [0.25, 0.3) is 11.0 Å². The number of para-hydroxylation sites is 2. The number of thioether (sulfide) groups is 1. The first kappa shape index (κ1) is 19.0. The summed E-state index contributed by atoms with van der Waals surface area (Å²) in [6.07, 6.45) is 7.13. The molecular formula is C20H25N5O2S. The third-order valence-corrected chi connectivity index (χ3v) is 6.11. The van der Waals surface area contributed by atoms with Gasteiger partial charge < -0.3 is 14.3 Å². The first-order chi connectivity index (χ1) is 13.7. The van der Waals surface area contributed by atoms with Crippen LogP contribution in [0.4, 0.5) is 0 Å². The number of aromatic nitrogens is 5. The maximum absolute atomic E-state index is 12.1. The molecule has 0 spiro atoms. The Morgan fingerprint density at radius 1 is 1.21 bits per heavy atom. The average Bonchev–Trinajstić information content (AvgIpc) is 3.28. The molecule has 0 amide bonds. The molecule has 0 saturated heterocycles. The van der Waals surface area contributed by atoms with Crippen molar-refractivity contribution in [2.45, 2.75) is 56.2 Å². The van der Waals surface area contributed by atoms with Crippen LogP contribution in [0.1, 0.15) is 43.8 Å². The van der Waals surface area contributed by atoms with Gasteiger partial charge in [-0.25, -0.2) is 4.98 Å². The van der Waals surface area contributed by atoms with Crippen molar-refractivity contribution in [3.63, 3.8) is 0 Å². The van der Waals surface area contributed by atoms with E-state index in [1.807, 2.05) is 35.9 Å². The predicted molar refractivity (Wildman–Crippen MR) is 108 cm³/mol. The number of hydrogen-bond donors (Lipinski definition) is 1. The molecule has 1 aromatic carbocycles. The molecule has 2 aromatic heterocycles. The number of aromatic amines is 1. The molecule has 1 aliphatic carbocycles. The smallest absolute Gasteiger partial charge is 0.316 e. The number of carbonyl (C=O) groups is 1. The zero-order valence-corrected chi connectivity index (χ0v) is 16.9. The zero-order valence-electron chi connectivity index (χ0n) is 16.1. The molecule has 7 nitrogen and oxygen atoms in total. The molecule has 0 unspecified atom stereocenters. The number of fused-ring (bicyclic) bond motifs is 1. The maximum atomic E-state index is 12.1. The normalized spacial score (nSPS) is 15.2. The number of rotatable bonds is 7. The van der Waals surface area contributed by atoms with Gasteiger partial charge in [0.15, 0.2) is 5.16 Å². The molecular weight excluding hydrogens is 374 g/mol. The quantitative estimate of drug-likeness (QED) is 0.484. The van der Waals surface area contributed by atoms with E-state index < -0.39 is 0 Å². The van der Waals surface area contributed by atoms with Crippen molar-refractivity contribution in [2.24, 2.45) is 7.05 Å². The lowest BCUT2D eigenvalue weighted by Crippen LogP contribution is -2.22. The number of H-pyrrole nitrogens is 1. The van der Waals surface area contributed by atoms with Gasteiger partial charge in [0.25, 0.3) is 0 Å². The molecule has 3 aromatic rings. The fourth-order valence-electron chi connectivity index (χ4n) is 3.57. The lowest BCUT2D eigenvalue weighted by Gasteiger charge is -2.21. The second-order valence-electron chi connectivity index (χ2n) is 7.20. The van der Waals surface area contributed by atoms with Gasteiger partial charge in [0.2, 0.25) is 0 Å². The van der Waals surface area contributed by atoms with Crippen LogP contribution in [0.5, 0.6) is 0 Å². The van der Waals surface area contributed by atoms with E-state index in [1.54, 1.807) is 0 Å². The molecule has 2 heterocycles. The molecule has 8 heteroatoms. The highest BCUT2D eigenvalue weighted by Gasteiger charge is 2.19. The van der Waals surface area contributed by atoms with E-state index in [0.29, 0.717) is 0 Å². The Balaban J connectivity index is 1.29. The summed E-state index contributed by atoms with van der Waals surface area (Å²) in [7, 11) is 1.93. The van der Waals surface area contributed by atoms with Crippen molar-refractivity contribution in [3.8, 4) is 0 Å². The fraction of sp³-hybridized carbons (Fsp3) is 0.500. The number of nitrogens with zero attached hydrogens (tertiary/aromatic N) is 4. The molecule has 0 atom stereocenters. The fourth-order valence-corrected chi connectivity index (χ4v) is 4.28. The van der Waals surface area contributed by atoms with E-state index in [9.17, 15) is 4.79 Å². The third kappa shape index (κ3) is 4.55. The minimum atomic E-state index is -0.163. The summed E-state index contributed by atoms with van der Waals surface area (Å²) in [6, 6.07) is 8.00. The molecule has 0 radical (unpaired) electrons. The minimum absolute atomic E-state index is 0.0979. The summed E-state index contributed by atoms with van der Waals surface area (Å²) in [4.78, 5) is 20.0. The van der Waals surface area contributed by atoms with Crippen molar-refractivity contribution in [2.75, 3.05) is 5.75 Å². The van der Waals surface area contributed by atoms with E-state index in [1.165, 1.54) is 18.2 Å². The van der Waals surface area contributed by atoms with E-state index in [0.717, 1.165) is 66.4 Å². The maximum Gasteiger partial charge on any atom is 0.316 e. The SMILES string of the molecule is Cn1c(CCc2nc3ccccc3[nH]2)nnc1SCC(=O)OC1CCCCC1. The van der Waals surface area contributed by atoms with E-state index >= 15 is 0 Å². The highest BCUT2D eigenvalue weighted by atomic mass is 32.2. The lowest BCUT2D eigenvalue weighted by atomic mass is 9.98. The number of benzene rings is 1. The van der Waals surface area contributed by atoms with Crippen LogP contribution >= 0.6 is 11.8 Å². The van der Waals surface area contributed by atoms with Crippen molar-refractivity contribution in [1.29, 1.82) is 0 Å². The minimum Gasteiger partial charge on any atom is -0.462 e. The van der Waals surface area contributed by atoms with Crippen LogP contribution in [-0.2, 0) is 29.4 Å². The Labute approximate surface area is 168 Å². The van der Waals surface area contributed by atoms with Gasteiger partial charge >= 0.3 is 5.97 Å². The van der Waals surface area contributed by atoms with Crippen LogP contribution in [0.2, 0.25) is 0 Å². The van der Waals surface area contributed by atoms with Crippen LogP contribution in [0.15, 0.2) is 29.4 Å². The Bertz CT molecular complexity index is 912. The van der Waals surface area contributed by atoms with Gasteiger partial charge in [0.1, 0.15) is 17.8 Å². The second-order valence-corrected chi connectivity index (χ2v) is 8.14. The van der Waals surface area contributed by atoms with E-state index in [4.69, 9.17) is 4.74 Å². The third-order valence-electron chi connectivity index (χ3n) is 5.12. The summed E-state index contributed by atoms with van der Waals surface area (Å²) >= 11 is 1.38. The van der Waals surface area contributed by atoms with Gasteiger partial charge in [-0.2, -0.15) is 0 Å². The Kier molecular flexibility index (Phi) is 5.95. The number of aryl methyl sites for hydroxylation is 2. The second kappa shape index (κ2) is 8.77. The van der Waals surface area contributed by atoms with Gasteiger partial charge in [0, 0.05) is 19.9 Å². The molecule has 28 heavy (non-hydrogen) atoms. The van der Waals surface area contributed by atoms with Crippen molar-refractivity contribution in [3.05, 3.63) is 35.9 Å². The van der Waals surface area contributed by atoms with Gasteiger partial charge in [0.05, 0.1) is 16.8 Å². The highest BCUT2D eigenvalue weighted by Crippen LogP contribution is 2.22. The summed E-state index contributed by atoms with van der Waals surface area (Å²) in [5.74, 6) is 1.92. The molecule has 0 bridgehead atoms. The molecule has 1 fully saturated rings. The van der Waals surface area contributed by atoms with Crippen LogP contribution in [0, 0.1) is 0 Å². The summed E-state index contributed by atoms with van der Waals surface area (Å²) in [5.41, 5.74) is 2.02. The summed E-state index contributed by atoms with van der Waals surface area (Å²) in [5, 5.41) is 9.24. The molecule has 148 valence electrons. The summed E-state index contributed by atoms with van der Waals surface area (Å²) in [6.45, 7) is 0. The molecule has 1 N–H and O–H groups in total. The number of carbonyl (C=O) groups excluding carboxylic acids is 1. The first-order valence-corrected chi connectivity index (χ1v) is 10.8. The van der Waals surface area contributed by atoms with Crippen LogP contribution < -0.4 is 0 Å². The van der Waals surface area contributed by atoms with E-state index in [-0.39, 0.29) is 17.8 Å².